The van der Waals surface area contributed by atoms with Crippen molar-refractivity contribution in [2.75, 3.05) is 26.2 Å². The molecule has 1 atom stereocenters. The molecule has 0 radical (unpaired) electrons. The molecule has 0 unspecified atom stereocenters. The van der Waals surface area contributed by atoms with Gasteiger partial charge in [-0.1, -0.05) is 12.1 Å². The lowest BCUT2D eigenvalue weighted by Crippen LogP contribution is -2.23. The zero-order valence-electron chi connectivity index (χ0n) is 12.9. The Hall–Kier alpha value is -1.88. The second-order valence-corrected chi connectivity index (χ2v) is 5.87. The molecular weight excluding hydrogens is 281 g/mol. The van der Waals surface area contributed by atoms with Crippen molar-refractivity contribution >= 4 is 0 Å². The van der Waals surface area contributed by atoms with Crippen LogP contribution in [-0.2, 0) is 0 Å². The lowest BCUT2D eigenvalue weighted by atomic mass is 10.1. The van der Waals surface area contributed by atoms with Crippen LogP contribution in [0.5, 0.6) is 5.75 Å². The number of likely N-dealkylation sites (tertiary alicyclic amines) is 1. The summed E-state index contributed by atoms with van der Waals surface area (Å²) in [7, 11) is 0. The number of rotatable bonds is 6. The summed E-state index contributed by atoms with van der Waals surface area (Å²) in [5.41, 5.74) is 1.12. The Labute approximate surface area is 130 Å². The molecule has 0 bridgehead atoms. The maximum absolute atomic E-state index is 13.4. The van der Waals surface area contributed by atoms with Gasteiger partial charge in [0, 0.05) is 30.9 Å². The fourth-order valence-electron chi connectivity index (χ4n) is 2.93. The van der Waals surface area contributed by atoms with Crippen LogP contribution in [0.25, 0.3) is 0 Å². The number of aromatic nitrogens is 2. The van der Waals surface area contributed by atoms with Crippen LogP contribution >= 0.6 is 0 Å². The number of hydrogen-bond donors (Lipinski definition) is 1. The monoisotopic (exact) mass is 303 g/mol. The van der Waals surface area contributed by atoms with E-state index in [1.54, 1.807) is 18.2 Å². The van der Waals surface area contributed by atoms with Crippen molar-refractivity contribution in [2.45, 2.75) is 25.7 Å². The summed E-state index contributed by atoms with van der Waals surface area (Å²) in [5, 5.41) is 0. The molecular formula is C17H22FN3O. The van der Waals surface area contributed by atoms with Crippen LogP contribution in [0.4, 0.5) is 4.39 Å². The zero-order chi connectivity index (χ0) is 15.4. The molecule has 2 aromatic rings. The van der Waals surface area contributed by atoms with Crippen LogP contribution in [0.1, 0.15) is 30.3 Å². The summed E-state index contributed by atoms with van der Waals surface area (Å²) >= 11 is 0. The van der Waals surface area contributed by atoms with Crippen LogP contribution in [0.15, 0.2) is 30.5 Å². The minimum atomic E-state index is -0.295. The number of H-pyrrole nitrogens is 1. The molecule has 1 aromatic heterocycles. The van der Waals surface area contributed by atoms with Crippen LogP contribution < -0.4 is 4.74 Å². The topological polar surface area (TPSA) is 41.2 Å². The van der Waals surface area contributed by atoms with E-state index >= 15 is 0 Å². The molecule has 2 heterocycles. The third-order valence-electron chi connectivity index (χ3n) is 4.09. The number of nitrogens with zero attached hydrogens (tertiary/aromatic N) is 2. The Balaban J connectivity index is 1.39. The minimum Gasteiger partial charge on any atom is -0.490 e. The van der Waals surface area contributed by atoms with Gasteiger partial charge in [0.1, 0.15) is 5.82 Å². The van der Waals surface area contributed by atoms with Gasteiger partial charge in [-0.2, -0.15) is 0 Å². The Kier molecular flexibility index (Phi) is 4.73. The summed E-state index contributed by atoms with van der Waals surface area (Å²) in [6.45, 7) is 5.67. The minimum absolute atomic E-state index is 0.295. The first-order chi connectivity index (χ1) is 10.7. The molecule has 3 rings (SSSR count). The SMILES string of the molecule is Cc1cnc([C@H]2CCN(CCCOc3ccccc3F)C2)[nH]1. The quantitative estimate of drug-likeness (QED) is 0.834. The van der Waals surface area contributed by atoms with Gasteiger partial charge in [-0.3, -0.25) is 0 Å². The molecule has 1 aliphatic heterocycles. The van der Waals surface area contributed by atoms with E-state index in [0.29, 0.717) is 18.3 Å². The fraction of sp³-hybridized carbons (Fsp3) is 0.471. The van der Waals surface area contributed by atoms with Crippen molar-refractivity contribution in [3.63, 3.8) is 0 Å². The highest BCUT2D eigenvalue weighted by Crippen LogP contribution is 2.25. The average Bonchev–Trinajstić information content (AvgIpc) is 3.14. The third kappa shape index (κ3) is 3.65. The van der Waals surface area contributed by atoms with Crippen LogP contribution in [0.2, 0.25) is 0 Å². The maximum Gasteiger partial charge on any atom is 0.165 e. The number of benzene rings is 1. The summed E-state index contributed by atoms with van der Waals surface area (Å²) in [5.74, 6) is 1.65. The standard InChI is InChI=1S/C17H22FN3O/c1-13-11-19-17(20-13)14-7-9-21(12-14)8-4-10-22-16-6-3-2-5-15(16)18/h2-3,5-6,11,14H,4,7-10,12H2,1H3,(H,19,20)/t14-/m0/s1. The first-order valence-electron chi connectivity index (χ1n) is 7.83. The van der Waals surface area contributed by atoms with Crippen LogP contribution in [0, 0.1) is 12.7 Å². The third-order valence-corrected chi connectivity index (χ3v) is 4.09. The summed E-state index contributed by atoms with van der Waals surface area (Å²) in [6, 6.07) is 6.55. The highest BCUT2D eigenvalue weighted by Gasteiger charge is 2.25. The summed E-state index contributed by atoms with van der Waals surface area (Å²) in [6.07, 6.45) is 3.93. The van der Waals surface area contributed by atoms with E-state index in [4.69, 9.17) is 4.74 Å². The lowest BCUT2D eigenvalue weighted by Gasteiger charge is -2.15. The molecule has 22 heavy (non-hydrogen) atoms. The van der Waals surface area contributed by atoms with Gasteiger partial charge < -0.3 is 14.6 Å². The number of aryl methyl sites for hydroxylation is 1. The number of halogens is 1. The van der Waals surface area contributed by atoms with Crippen molar-refractivity contribution in [3.8, 4) is 5.75 Å². The lowest BCUT2D eigenvalue weighted by molar-refractivity contribution is 0.254. The first kappa shape index (κ1) is 15.0. The molecule has 0 aliphatic carbocycles. The predicted octanol–water partition coefficient (Wildman–Crippen LogP) is 3.12. The van der Waals surface area contributed by atoms with Gasteiger partial charge in [-0.25, -0.2) is 9.37 Å². The van der Waals surface area contributed by atoms with Crippen molar-refractivity contribution in [1.82, 2.24) is 14.9 Å². The molecule has 4 nitrogen and oxygen atoms in total. The van der Waals surface area contributed by atoms with Gasteiger partial charge in [-0.05, 0) is 38.4 Å². The van der Waals surface area contributed by atoms with E-state index in [9.17, 15) is 4.39 Å². The van der Waals surface area contributed by atoms with E-state index in [1.165, 1.54) is 6.07 Å². The van der Waals surface area contributed by atoms with E-state index in [1.807, 2.05) is 13.1 Å². The summed E-state index contributed by atoms with van der Waals surface area (Å²) in [4.78, 5) is 10.2. The zero-order valence-corrected chi connectivity index (χ0v) is 12.9. The van der Waals surface area contributed by atoms with Gasteiger partial charge in [-0.15, -0.1) is 0 Å². The molecule has 1 fully saturated rings. The largest absolute Gasteiger partial charge is 0.490 e. The molecule has 0 spiro atoms. The molecule has 118 valence electrons. The smallest absolute Gasteiger partial charge is 0.165 e. The number of imidazole rings is 1. The van der Waals surface area contributed by atoms with E-state index in [-0.39, 0.29) is 5.82 Å². The van der Waals surface area contributed by atoms with Gasteiger partial charge in [0.05, 0.1) is 6.61 Å². The first-order valence-corrected chi connectivity index (χ1v) is 7.83. The Morgan fingerprint density at radius 2 is 2.27 bits per heavy atom. The van der Waals surface area contributed by atoms with E-state index in [0.717, 1.165) is 44.0 Å². The molecule has 5 heteroatoms. The highest BCUT2D eigenvalue weighted by molar-refractivity contribution is 5.23. The van der Waals surface area contributed by atoms with Crippen molar-refractivity contribution in [3.05, 3.63) is 47.8 Å². The Bertz CT molecular complexity index is 613. The molecule has 1 saturated heterocycles. The normalized spacial score (nSPS) is 18.7. The van der Waals surface area contributed by atoms with Gasteiger partial charge in [0.25, 0.3) is 0 Å². The Morgan fingerprint density at radius 3 is 3.05 bits per heavy atom. The molecule has 1 N–H and O–H groups in total. The highest BCUT2D eigenvalue weighted by atomic mass is 19.1. The van der Waals surface area contributed by atoms with Crippen molar-refractivity contribution < 1.29 is 9.13 Å². The number of hydrogen-bond acceptors (Lipinski definition) is 3. The van der Waals surface area contributed by atoms with Gasteiger partial charge >= 0.3 is 0 Å². The molecule has 1 aromatic carbocycles. The van der Waals surface area contributed by atoms with Crippen molar-refractivity contribution in [2.24, 2.45) is 0 Å². The fourth-order valence-corrected chi connectivity index (χ4v) is 2.93. The number of para-hydroxylation sites is 1. The summed E-state index contributed by atoms with van der Waals surface area (Å²) < 4.78 is 18.9. The number of ether oxygens (including phenoxy) is 1. The second kappa shape index (κ2) is 6.92. The molecule has 0 saturated carbocycles. The van der Waals surface area contributed by atoms with E-state index < -0.39 is 0 Å². The van der Waals surface area contributed by atoms with Crippen LogP contribution in [0.3, 0.4) is 0 Å². The van der Waals surface area contributed by atoms with Gasteiger partial charge in [0.15, 0.2) is 11.6 Å². The average molecular weight is 303 g/mol. The molecule has 0 amide bonds. The second-order valence-electron chi connectivity index (χ2n) is 5.87. The van der Waals surface area contributed by atoms with Crippen LogP contribution in [-0.4, -0.2) is 41.1 Å². The Morgan fingerprint density at radius 1 is 1.41 bits per heavy atom. The van der Waals surface area contributed by atoms with Gasteiger partial charge in [0.2, 0.25) is 0 Å². The number of aromatic amines is 1. The number of nitrogens with one attached hydrogen (secondary N) is 1. The predicted molar refractivity (Wildman–Crippen MR) is 83.6 cm³/mol. The maximum atomic E-state index is 13.4. The van der Waals surface area contributed by atoms with Crippen molar-refractivity contribution in [1.29, 1.82) is 0 Å². The molecule has 1 aliphatic rings. The van der Waals surface area contributed by atoms with E-state index in [2.05, 4.69) is 14.9 Å².